The van der Waals surface area contributed by atoms with Crippen molar-refractivity contribution in [3.05, 3.63) is 47.5 Å². The van der Waals surface area contributed by atoms with Gasteiger partial charge in [0.05, 0.1) is 12.2 Å². The van der Waals surface area contributed by atoms with Gasteiger partial charge in [-0.3, -0.25) is 4.79 Å². The van der Waals surface area contributed by atoms with E-state index in [1.165, 1.54) is 11.1 Å². The van der Waals surface area contributed by atoms with E-state index in [2.05, 4.69) is 12.1 Å². The van der Waals surface area contributed by atoms with Crippen LogP contribution in [0, 0.1) is 59.0 Å². The van der Waals surface area contributed by atoms with Crippen LogP contribution in [0.1, 0.15) is 56.1 Å². The predicted molar refractivity (Wildman–Crippen MR) is 110 cm³/mol. The molecule has 0 unspecified atom stereocenters. The van der Waals surface area contributed by atoms with Crippen LogP contribution in [0.4, 0.5) is 4.39 Å². The van der Waals surface area contributed by atoms with Crippen LogP contribution in [0.15, 0.2) is 36.4 Å². The molecule has 0 aliphatic heterocycles. The first-order valence-electron chi connectivity index (χ1n) is 10.9. The number of carbonyl (C=O) groups is 1. The summed E-state index contributed by atoms with van der Waals surface area (Å²) in [7, 11) is 0. The van der Waals surface area contributed by atoms with E-state index in [0.29, 0.717) is 32.1 Å². The minimum Gasteiger partial charge on any atom is -0.481 e. The number of halogens is 1. The first kappa shape index (κ1) is 25.9. The van der Waals surface area contributed by atoms with Gasteiger partial charge in [-0.2, -0.15) is 0 Å². The van der Waals surface area contributed by atoms with E-state index in [9.17, 15) is 19.4 Å². The molecular formula is C24H33FO4Pr. The Morgan fingerprint density at radius 2 is 1.83 bits per heavy atom. The number of hydrogen-bond donors (Lipinski definition) is 3. The van der Waals surface area contributed by atoms with E-state index < -0.39 is 24.3 Å². The molecular weight excluding hydrogens is 512 g/mol. The minimum atomic E-state index is -1.02. The Morgan fingerprint density at radius 3 is 2.47 bits per heavy atom. The Morgan fingerprint density at radius 1 is 1.17 bits per heavy atom. The standard InChI is InChI=1S/C24H33FO4.Pr/c25-21-15-23(27)20(9-3-1-2-4-10-24(28)29)19(21)11-12-22(26)18-13-16-7-5-6-8-17(16)14-18;/h1,3,5-8,18-23,26-27H,2,4,9-15H2,(H,28,29);/b3-1-;/t19-,20-,21+,22+,23+;/m1./s1. The third kappa shape index (κ3) is 7.08. The van der Waals surface area contributed by atoms with Gasteiger partial charge in [0, 0.05) is 54.1 Å². The van der Waals surface area contributed by atoms with Crippen molar-refractivity contribution in [2.75, 3.05) is 0 Å². The van der Waals surface area contributed by atoms with E-state index in [1.54, 1.807) is 0 Å². The molecule has 163 valence electrons. The third-order valence-electron chi connectivity index (χ3n) is 6.73. The molecule has 0 bridgehead atoms. The fraction of sp³-hybridized carbons (Fsp3) is 0.625. The van der Waals surface area contributed by atoms with Crippen molar-refractivity contribution in [2.24, 2.45) is 17.8 Å². The van der Waals surface area contributed by atoms with E-state index in [1.807, 2.05) is 24.3 Å². The van der Waals surface area contributed by atoms with Crippen molar-refractivity contribution < 1.29 is 65.8 Å². The van der Waals surface area contributed by atoms with Gasteiger partial charge >= 0.3 is 5.97 Å². The van der Waals surface area contributed by atoms with E-state index >= 15 is 0 Å². The van der Waals surface area contributed by atoms with Gasteiger partial charge in [-0.1, -0.05) is 36.4 Å². The van der Waals surface area contributed by atoms with Gasteiger partial charge in [0.2, 0.25) is 0 Å². The molecule has 1 saturated carbocycles. The van der Waals surface area contributed by atoms with Crippen LogP contribution in [0.3, 0.4) is 0 Å². The summed E-state index contributed by atoms with van der Waals surface area (Å²) < 4.78 is 14.5. The molecule has 4 nitrogen and oxygen atoms in total. The molecule has 0 saturated heterocycles. The number of carboxylic acids is 1. The zero-order valence-corrected chi connectivity index (χ0v) is 21.2. The molecule has 1 aromatic carbocycles. The average Bonchev–Trinajstić information content (AvgIpc) is 3.23. The van der Waals surface area contributed by atoms with E-state index in [4.69, 9.17) is 5.11 Å². The fourth-order valence-corrected chi connectivity index (χ4v) is 5.07. The second-order valence-corrected chi connectivity index (χ2v) is 8.72. The van der Waals surface area contributed by atoms with Crippen LogP contribution < -0.4 is 0 Å². The van der Waals surface area contributed by atoms with Gasteiger partial charge in [-0.05, 0) is 73.8 Å². The number of carboxylic acid groups (broad SMARTS) is 1. The van der Waals surface area contributed by atoms with Gasteiger partial charge in [0.15, 0.2) is 0 Å². The molecule has 1 radical (unpaired) electrons. The molecule has 2 aliphatic carbocycles. The number of fused-ring (bicyclic) bond motifs is 1. The number of aliphatic hydroxyl groups excluding tert-OH is 2. The summed E-state index contributed by atoms with van der Waals surface area (Å²) in [5.41, 5.74) is 2.62. The Balaban J connectivity index is 0.00000320. The molecule has 0 spiro atoms. The van der Waals surface area contributed by atoms with Crippen molar-refractivity contribution in [2.45, 2.75) is 76.2 Å². The Bertz CT molecular complexity index is 685. The summed E-state index contributed by atoms with van der Waals surface area (Å²) >= 11 is 0. The molecule has 0 aromatic heterocycles. The minimum absolute atomic E-state index is 0. The van der Waals surface area contributed by atoms with Gasteiger partial charge < -0.3 is 15.3 Å². The third-order valence-corrected chi connectivity index (χ3v) is 6.73. The van der Waals surface area contributed by atoms with Gasteiger partial charge in [0.1, 0.15) is 6.17 Å². The number of unbranched alkanes of at least 4 members (excludes halogenated alkanes) is 1. The van der Waals surface area contributed by atoms with Crippen LogP contribution in [-0.2, 0) is 17.6 Å². The number of allylic oxidation sites excluding steroid dienone is 2. The summed E-state index contributed by atoms with van der Waals surface area (Å²) in [4.78, 5) is 10.5. The van der Waals surface area contributed by atoms with Crippen molar-refractivity contribution >= 4 is 5.97 Å². The molecule has 6 heteroatoms. The maximum Gasteiger partial charge on any atom is 0.303 e. The average molecular weight is 545 g/mol. The first-order chi connectivity index (χ1) is 14.0. The SMILES string of the molecule is O=C(O)CCC/C=C\C[C@@H]1[C@@H](CC[C@H](O)C2Cc3ccccc3C2)[C@@H](F)C[C@@H]1O.[Pr]. The zero-order chi connectivity index (χ0) is 20.8. The monoisotopic (exact) mass is 545 g/mol. The second-order valence-electron chi connectivity index (χ2n) is 8.72. The maximum absolute atomic E-state index is 14.5. The quantitative estimate of drug-likeness (QED) is 0.306. The Kier molecular flexibility index (Phi) is 10.9. The number of aliphatic hydroxyl groups is 2. The normalized spacial score (nSPS) is 27.2. The predicted octanol–water partition coefficient (Wildman–Crippen LogP) is 4.08. The first-order valence-corrected chi connectivity index (χ1v) is 10.9. The number of benzene rings is 1. The molecule has 2 aliphatic rings. The Hall–Kier alpha value is -0.356. The fourth-order valence-electron chi connectivity index (χ4n) is 5.07. The topological polar surface area (TPSA) is 77.8 Å². The van der Waals surface area contributed by atoms with Crippen LogP contribution in [0.5, 0.6) is 0 Å². The molecule has 0 heterocycles. The van der Waals surface area contributed by atoms with Gasteiger partial charge in [0.25, 0.3) is 0 Å². The summed E-state index contributed by atoms with van der Waals surface area (Å²) in [5, 5.41) is 29.6. The molecule has 3 rings (SSSR count). The van der Waals surface area contributed by atoms with Crippen LogP contribution >= 0.6 is 0 Å². The molecule has 3 N–H and O–H groups in total. The summed E-state index contributed by atoms with van der Waals surface area (Å²) in [6, 6.07) is 8.29. The molecule has 30 heavy (non-hydrogen) atoms. The second kappa shape index (κ2) is 12.6. The maximum atomic E-state index is 14.5. The van der Waals surface area contributed by atoms with E-state index in [0.717, 1.165) is 12.8 Å². The number of alkyl halides is 1. The van der Waals surface area contributed by atoms with E-state index in [-0.39, 0.29) is 71.9 Å². The van der Waals surface area contributed by atoms with Gasteiger partial charge in [-0.15, -0.1) is 0 Å². The van der Waals surface area contributed by atoms with Crippen LogP contribution in [0.2, 0.25) is 0 Å². The zero-order valence-electron chi connectivity index (χ0n) is 17.5. The molecule has 1 fully saturated rings. The molecule has 1 aromatic rings. The number of hydrogen-bond acceptors (Lipinski definition) is 3. The van der Waals surface area contributed by atoms with Crippen LogP contribution in [-0.4, -0.2) is 39.7 Å². The largest absolute Gasteiger partial charge is 0.481 e. The van der Waals surface area contributed by atoms with Gasteiger partial charge in [-0.25, -0.2) is 4.39 Å². The molecule has 0 amide bonds. The molecule has 5 atom stereocenters. The van der Waals surface area contributed by atoms with Crippen molar-refractivity contribution in [3.8, 4) is 0 Å². The van der Waals surface area contributed by atoms with Crippen molar-refractivity contribution in [3.63, 3.8) is 0 Å². The number of rotatable bonds is 10. The number of aliphatic carboxylic acids is 1. The Labute approximate surface area is 211 Å². The van der Waals surface area contributed by atoms with Crippen LogP contribution in [0.25, 0.3) is 0 Å². The summed E-state index contributed by atoms with van der Waals surface area (Å²) in [6.45, 7) is 0. The van der Waals surface area contributed by atoms with Crippen molar-refractivity contribution in [1.29, 1.82) is 0 Å². The summed E-state index contributed by atoms with van der Waals surface area (Å²) in [5.74, 6) is -0.959. The van der Waals surface area contributed by atoms with Crippen molar-refractivity contribution in [1.82, 2.24) is 0 Å². The summed E-state index contributed by atoms with van der Waals surface area (Å²) in [6.07, 6.45) is 6.87. The smallest absolute Gasteiger partial charge is 0.303 e.